The number of nitrogens with one attached hydrogen (secondary N) is 2. The van der Waals surface area contributed by atoms with E-state index in [0.717, 1.165) is 19.5 Å². The summed E-state index contributed by atoms with van der Waals surface area (Å²) < 4.78 is 0.654. The fraction of sp³-hybridized carbons (Fsp3) is 0.583. The Labute approximate surface area is 115 Å². The van der Waals surface area contributed by atoms with E-state index in [1.165, 1.54) is 0 Å². The third-order valence-electron chi connectivity index (χ3n) is 3.61. The van der Waals surface area contributed by atoms with E-state index in [9.17, 15) is 4.79 Å². The average Bonchev–Trinajstić information content (AvgIpc) is 2.82. The number of carbonyl (C=O) groups is 1. The molecule has 1 amide bonds. The molecule has 2 N–H and O–H groups in total. The molecule has 1 aliphatic heterocycles. The number of hydrogen-bond acceptors (Lipinski definition) is 4. The number of rotatable bonds is 3. The maximum absolute atomic E-state index is 12.4. The summed E-state index contributed by atoms with van der Waals surface area (Å²) in [5.74, 6) is 0.810. The molecule has 1 saturated heterocycles. The highest BCUT2D eigenvalue weighted by Gasteiger charge is 2.43. The van der Waals surface area contributed by atoms with Crippen molar-refractivity contribution in [2.24, 2.45) is 11.3 Å². The lowest BCUT2D eigenvalue weighted by Gasteiger charge is -2.30. The first-order valence-electron chi connectivity index (χ1n) is 6.04. The molecule has 0 aromatic carbocycles. The van der Waals surface area contributed by atoms with Gasteiger partial charge >= 0.3 is 0 Å². The molecule has 1 unspecified atom stereocenters. The zero-order valence-corrected chi connectivity index (χ0v) is 12.1. The SMILES string of the molecule is CC(C)C1(C(=O)Nc2cnc(Br)cn2)CCNC1. The Kier molecular flexibility index (Phi) is 3.97. The van der Waals surface area contributed by atoms with Crippen LogP contribution < -0.4 is 10.6 Å². The molecule has 1 aliphatic rings. The minimum absolute atomic E-state index is 0.0270. The molecule has 0 aliphatic carbocycles. The van der Waals surface area contributed by atoms with Crippen molar-refractivity contribution in [2.75, 3.05) is 18.4 Å². The second-order valence-corrected chi connectivity index (χ2v) is 5.73. The van der Waals surface area contributed by atoms with Crippen LogP contribution in [0, 0.1) is 11.3 Å². The summed E-state index contributed by atoms with van der Waals surface area (Å²) in [6.45, 7) is 5.78. The van der Waals surface area contributed by atoms with E-state index in [4.69, 9.17) is 0 Å². The zero-order valence-electron chi connectivity index (χ0n) is 10.5. The maximum Gasteiger partial charge on any atom is 0.233 e. The van der Waals surface area contributed by atoms with Gasteiger partial charge in [0.25, 0.3) is 0 Å². The molecule has 0 saturated carbocycles. The number of carbonyl (C=O) groups excluding carboxylic acids is 1. The van der Waals surface area contributed by atoms with E-state index in [-0.39, 0.29) is 17.2 Å². The van der Waals surface area contributed by atoms with Crippen LogP contribution in [0.2, 0.25) is 0 Å². The van der Waals surface area contributed by atoms with Gasteiger partial charge in [0.2, 0.25) is 5.91 Å². The molecule has 2 rings (SSSR count). The monoisotopic (exact) mass is 312 g/mol. The van der Waals surface area contributed by atoms with Crippen LogP contribution in [0.5, 0.6) is 0 Å². The maximum atomic E-state index is 12.4. The highest BCUT2D eigenvalue weighted by molar-refractivity contribution is 9.10. The molecule has 0 spiro atoms. The summed E-state index contributed by atoms with van der Waals surface area (Å²) in [5, 5.41) is 6.13. The lowest BCUT2D eigenvalue weighted by Crippen LogP contribution is -2.42. The smallest absolute Gasteiger partial charge is 0.233 e. The van der Waals surface area contributed by atoms with Gasteiger partial charge in [0.1, 0.15) is 4.60 Å². The summed E-state index contributed by atoms with van der Waals surface area (Å²) in [4.78, 5) is 20.6. The number of aromatic nitrogens is 2. The van der Waals surface area contributed by atoms with E-state index >= 15 is 0 Å². The van der Waals surface area contributed by atoms with Crippen molar-refractivity contribution >= 4 is 27.7 Å². The normalized spacial score (nSPS) is 23.3. The van der Waals surface area contributed by atoms with E-state index in [2.05, 4.69) is 50.4 Å². The van der Waals surface area contributed by atoms with Crippen molar-refractivity contribution in [1.29, 1.82) is 0 Å². The fourth-order valence-electron chi connectivity index (χ4n) is 2.28. The van der Waals surface area contributed by atoms with Gasteiger partial charge in [-0.1, -0.05) is 13.8 Å². The fourth-order valence-corrected chi connectivity index (χ4v) is 2.48. The quantitative estimate of drug-likeness (QED) is 0.893. The minimum Gasteiger partial charge on any atom is -0.316 e. The molecule has 2 heterocycles. The van der Waals surface area contributed by atoms with E-state index in [0.29, 0.717) is 10.4 Å². The van der Waals surface area contributed by atoms with Crippen molar-refractivity contribution in [3.05, 3.63) is 17.0 Å². The van der Waals surface area contributed by atoms with Crippen LogP contribution in [0.15, 0.2) is 17.0 Å². The zero-order chi connectivity index (χ0) is 13.2. The first-order valence-corrected chi connectivity index (χ1v) is 6.83. The van der Waals surface area contributed by atoms with Crippen molar-refractivity contribution in [1.82, 2.24) is 15.3 Å². The topological polar surface area (TPSA) is 66.9 Å². The summed E-state index contributed by atoms with van der Waals surface area (Å²) in [6.07, 6.45) is 3.99. The Balaban J connectivity index is 2.13. The first-order chi connectivity index (χ1) is 8.54. The molecule has 1 fully saturated rings. The molecule has 1 atom stereocenters. The number of anilines is 1. The van der Waals surface area contributed by atoms with Gasteiger partial charge in [0.15, 0.2) is 5.82 Å². The Morgan fingerprint density at radius 1 is 1.50 bits per heavy atom. The molecule has 6 heteroatoms. The van der Waals surface area contributed by atoms with Crippen molar-refractivity contribution in [3.8, 4) is 0 Å². The standard InChI is InChI=1S/C12H17BrN4O/c1-8(2)12(3-4-14-7-12)11(18)17-10-6-15-9(13)5-16-10/h5-6,8,14H,3-4,7H2,1-2H3,(H,16,17,18). The Hall–Kier alpha value is -1.01. The Morgan fingerprint density at radius 3 is 2.78 bits per heavy atom. The largest absolute Gasteiger partial charge is 0.316 e. The summed E-state index contributed by atoms with van der Waals surface area (Å²) in [7, 11) is 0. The van der Waals surface area contributed by atoms with Crippen LogP contribution in [-0.4, -0.2) is 29.0 Å². The van der Waals surface area contributed by atoms with Gasteiger partial charge in [0.05, 0.1) is 17.8 Å². The van der Waals surface area contributed by atoms with Gasteiger partial charge in [-0.2, -0.15) is 0 Å². The van der Waals surface area contributed by atoms with Crippen molar-refractivity contribution in [3.63, 3.8) is 0 Å². The van der Waals surface area contributed by atoms with E-state index in [1.807, 2.05) is 0 Å². The van der Waals surface area contributed by atoms with Crippen molar-refractivity contribution < 1.29 is 4.79 Å². The second kappa shape index (κ2) is 5.32. The summed E-state index contributed by atoms with van der Waals surface area (Å²) in [6, 6.07) is 0. The molecule has 0 bridgehead atoms. The third-order valence-corrected chi connectivity index (χ3v) is 4.02. The second-order valence-electron chi connectivity index (χ2n) is 4.92. The molecular weight excluding hydrogens is 296 g/mol. The third kappa shape index (κ3) is 2.54. The minimum atomic E-state index is -0.339. The number of amides is 1. The predicted molar refractivity (Wildman–Crippen MR) is 73.1 cm³/mol. The lowest BCUT2D eigenvalue weighted by atomic mass is 9.75. The number of nitrogens with zero attached hydrogens (tertiary/aromatic N) is 2. The van der Waals surface area contributed by atoms with E-state index < -0.39 is 0 Å². The van der Waals surface area contributed by atoms with Gasteiger partial charge in [0, 0.05) is 6.54 Å². The van der Waals surface area contributed by atoms with Gasteiger partial charge in [-0.25, -0.2) is 9.97 Å². The van der Waals surface area contributed by atoms with E-state index in [1.54, 1.807) is 12.4 Å². The summed E-state index contributed by atoms with van der Waals surface area (Å²) >= 11 is 3.22. The molecule has 1 aromatic heterocycles. The first kappa shape index (κ1) is 13.4. The molecular formula is C12H17BrN4O. The van der Waals surface area contributed by atoms with Gasteiger partial charge in [-0.15, -0.1) is 0 Å². The highest BCUT2D eigenvalue weighted by atomic mass is 79.9. The molecule has 1 aromatic rings. The Bertz CT molecular complexity index is 426. The van der Waals surface area contributed by atoms with Crippen LogP contribution >= 0.6 is 15.9 Å². The number of halogens is 1. The van der Waals surface area contributed by atoms with Crippen LogP contribution in [0.25, 0.3) is 0 Å². The van der Waals surface area contributed by atoms with Crippen LogP contribution in [0.4, 0.5) is 5.82 Å². The van der Waals surface area contributed by atoms with Crippen LogP contribution in [0.3, 0.4) is 0 Å². The molecule has 0 radical (unpaired) electrons. The predicted octanol–water partition coefficient (Wildman–Crippen LogP) is 1.81. The molecule has 5 nitrogen and oxygen atoms in total. The van der Waals surface area contributed by atoms with Crippen LogP contribution in [-0.2, 0) is 4.79 Å². The lowest BCUT2D eigenvalue weighted by molar-refractivity contribution is -0.126. The molecule has 18 heavy (non-hydrogen) atoms. The van der Waals surface area contributed by atoms with Gasteiger partial charge in [-0.05, 0) is 34.8 Å². The van der Waals surface area contributed by atoms with Gasteiger partial charge < -0.3 is 10.6 Å². The van der Waals surface area contributed by atoms with Crippen LogP contribution in [0.1, 0.15) is 20.3 Å². The van der Waals surface area contributed by atoms with Gasteiger partial charge in [-0.3, -0.25) is 4.79 Å². The highest BCUT2D eigenvalue weighted by Crippen LogP contribution is 2.35. The average molecular weight is 313 g/mol. The summed E-state index contributed by atoms with van der Waals surface area (Å²) in [5.41, 5.74) is -0.339. The number of hydrogen-bond donors (Lipinski definition) is 2. The molecule has 98 valence electrons. The van der Waals surface area contributed by atoms with Crippen molar-refractivity contribution in [2.45, 2.75) is 20.3 Å². The Morgan fingerprint density at radius 2 is 2.28 bits per heavy atom.